The Hall–Kier alpha value is -2.58. The summed E-state index contributed by atoms with van der Waals surface area (Å²) < 4.78 is 24.5. The van der Waals surface area contributed by atoms with Gasteiger partial charge in [-0.25, -0.2) is 13.4 Å². The third kappa shape index (κ3) is 4.07. The molecule has 1 aliphatic heterocycles. The van der Waals surface area contributed by atoms with Crippen LogP contribution in [0.15, 0.2) is 29.1 Å². The standard InChI is InChI=1S/C21H25N5O6S2/c1-34(31,32)11-7-26(8-11)21-24-18(22-13-6-10(9-27)16(28)17(13)29)15(19(30)25-21)20-23-12-4-2-3-5-14(12)33-20/h2-5,10-11,13,16-17,27-29H,6-9H2,1H3,(H2,22,24,25,30)/t10-,13-,16-,17+/m1/s1. The Labute approximate surface area is 199 Å². The van der Waals surface area contributed by atoms with Gasteiger partial charge in [-0.1, -0.05) is 12.1 Å². The van der Waals surface area contributed by atoms with Crippen LogP contribution in [0, 0.1) is 5.92 Å². The highest BCUT2D eigenvalue weighted by Crippen LogP contribution is 2.35. The van der Waals surface area contributed by atoms with E-state index in [1.807, 2.05) is 24.3 Å². The van der Waals surface area contributed by atoms with Crippen LogP contribution in [-0.2, 0) is 9.84 Å². The number of para-hydroxylation sites is 1. The van der Waals surface area contributed by atoms with E-state index in [-0.39, 0.29) is 43.4 Å². The Morgan fingerprint density at radius 1 is 1.21 bits per heavy atom. The summed E-state index contributed by atoms with van der Waals surface area (Å²) in [5.41, 5.74) is 0.465. The van der Waals surface area contributed by atoms with Gasteiger partial charge in [0.25, 0.3) is 5.56 Å². The first-order valence-electron chi connectivity index (χ1n) is 10.8. The maximum absolute atomic E-state index is 13.2. The molecule has 0 spiro atoms. The molecule has 3 heterocycles. The van der Waals surface area contributed by atoms with E-state index in [9.17, 15) is 28.5 Å². The van der Waals surface area contributed by atoms with Crippen molar-refractivity contribution in [2.75, 3.05) is 36.2 Å². The second-order valence-electron chi connectivity index (χ2n) is 8.87. The van der Waals surface area contributed by atoms with Crippen LogP contribution in [0.25, 0.3) is 20.8 Å². The van der Waals surface area contributed by atoms with Gasteiger partial charge in [0.05, 0.1) is 27.6 Å². The second-order valence-corrected chi connectivity index (χ2v) is 12.2. The molecule has 3 aromatic rings. The van der Waals surface area contributed by atoms with Gasteiger partial charge in [0.2, 0.25) is 5.95 Å². The van der Waals surface area contributed by atoms with Crippen molar-refractivity contribution >= 4 is 43.2 Å². The Kier molecular flexibility index (Phi) is 5.84. The number of aromatic nitrogens is 3. The second kappa shape index (κ2) is 8.57. The molecule has 0 bridgehead atoms. The Bertz CT molecular complexity index is 1350. The van der Waals surface area contributed by atoms with Crippen molar-refractivity contribution in [1.29, 1.82) is 0 Å². The van der Waals surface area contributed by atoms with Crippen molar-refractivity contribution in [3.8, 4) is 10.6 Å². The van der Waals surface area contributed by atoms with E-state index < -0.39 is 44.8 Å². The number of nitrogens with one attached hydrogen (secondary N) is 2. The number of hydrogen-bond acceptors (Lipinski definition) is 11. The van der Waals surface area contributed by atoms with E-state index in [0.717, 1.165) is 10.2 Å². The Balaban J connectivity index is 1.54. The highest BCUT2D eigenvalue weighted by Gasteiger charge is 2.42. The average Bonchev–Trinajstić information content (AvgIpc) is 3.27. The van der Waals surface area contributed by atoms with Gasteiger partial charge in [0.1, 0.15) is 22.5 Å². The Morgan fingerprint density at radius 3 is 2.59 bits per heavy atom. The number of fused-ring (bicyclic) bond motifs is 1. The van der Waals surface area contributed by atoms with Crippen molar-refractivity contribution in [2.24, 2.45) is 5.92 Å². The maximum atomic E-state index is 13.2. The summed E-state index contributed by atoms with van der Waals surface area (Å²) in [5, 5.41) is 33.2. The van der Waals surface area contributed by atoms with Crippen LogP contribution in [-0.4, -0.2) is 88.1 Å². The third-order valence-corrected chi connectivity index (χ3v) is 9.09. The molecule has 34 heavy (non-hydrogen) atoms. The minimum Gasteiger partial charge on any atom is -0.396 e. The van der Waals surface area contributed by atoms with Crippen molar-refractivity contribution in [3.63, 3.8) is 0 Å². The molecule has 1 saturated heterocycles. The van der Waals surface area contributed by atoms with Gasteiger partial charge in [-0.05, 0) is 18.6 Å². The van der Waals surface area contributed by atoms with Crippen LogP contribution in [0.1, 0.15) is 6.42 Å². The predicted octanol–water partition coefficient (Wildman–Crippen LogP) is -0.206. The highest BCUT2D eigenvalue weighted by atomic mass is 32.2. The number of aliphatic hydroxyl groups excluding tert-OH is 3. The molecule has 1 aromatic carbocycles. The summed E-state index contributed by atoms with van der Waals surface area (Å²) in [6.45, 7) is 0.133. The molecule has 2 aliphatic rings. The van der Waals surface area contributed by atoms with Crippen LogP contribution in [0.4, 0.5) is 11.8 Å². The summed E-state index contributed by atoms with van der Waals surface area (Å²) in [7, 11) is -3.20. The van der Waals surface area contributed by atoms with Crippen LogP contribution in [0.2, 0.25) is 0 Å². The van der Waals surface area contributed by atoms with Crippen LogP contribution >= 0.6 is 11.3 Å². The van der Waals surface area contributed by atoms with Crippen LogP contribution in [0.3, 0.4) is 0 Å². The van der Waals surface area contributed by atoms with E-state index >= 15 is 0 Å². The number of benzene rings is 1. The summed E-state index contributed by atoms with van der Waals surface area (Å²) in [5.74, 6) is -0.120. The molecule has 182 valence electrons. The zero-order valence-electron chi connectivity index (χ0n) is 18.2. The minimum absolute atomic E-state index is 0.176. The molecular formula is C21H25N5O6S2. The van der Waals surface area contributed by atoms with E-state index in [2.05, 4.69) is 20.3 Å². The molecule has 5 rings (SSSR count). The topological polar surface area (TPSA) is 169 Å². The number of aliphatic hydroxyl groups is 3. The molecule has 11 nitrogen and oxygen atoms in total. The SMILES string of the molecule is CS(=O)(=O)C1CN(c2nc(N[C@@H]3C[C@H](CO)[C@@H](O)[C@H]3O)c(-c3nc4ccccc4s3)c(=O)[nH]2)C1. The van der Waals surface area contributed by atoms with Gasteiger partial charge in [-0.3, -0.25) is 9.78 Å². The lowest BCUT2D eigenvalue weighted by molar-refractivity contribution is 0.00446. The molecule has 2 aromatic heterocycles. The zero-order valence-corrected chi connectivity index (χ0v) is 19.9. The molecule has 5 N–H and O–H groups in total. The van der Waals surface area contributed by atoms with Crippen molar-refractivity contribution in [1.82, 2.24) is 15.0 Å². The minimum atomic E-state index is -3.20. The first kappa shape index (κ1) is 23.2. The molecule has 2 fully saturated rings. The molecule has 1 saturated carbocycles. The van der Waals surface area contributed by atoms with Gasteiger partial charge >= 0.3 is 0 Å². The summed E-state index contributed by atoms with van der Waals surface area (Å²) in [4.78, 5) is 26.8. The number of nitrogens with zero attached hydrogens (tertiary/aromatic N) is 3. The largest absolute Gasteiger partial charge is 0.396 e. The lowest BCUT2D eigenvalue weighted by atomic mass is 10.1. The predicted molar refractivity (Wildman–Crippen MR) is 129 cm³/mol. The lowest BCUT2D eigenvalue weighted by Gasteiger charge is -2.38. The van der Waals surface area contributed by atoms with E-state index in [0.29, 0.717) is 5.01 Å². The normalized spacial score (nSPS) is 25.6. The average molecular weight is 508 g/mol. The number of sulfone groups is 1. The third-order valence-electron chi connectivity index (χ3n) is 6.53. The number of H-pyrrole nitrogens is 1. The van der Waals surface area contributed by atoms with E-state index in [4.69, 9.17) is 0 Å². The number of rotatable bonds is 6. The van der Waals surface area contributed by atoms with Crippen LogP contribution in [0.5, 0.6) is 0 Å². The van der Waals surface area contributed by atoms with Gasteiger partial charge in [-0.2, -0.15) is 4.98 Å². The zero-order chi connectivity index (χ0) is 24.2. The van der Waals surface area contributed by atoms with Gasteiger partial charge < -0.3 is 25.5 Å². The first-order chi connectivity index (χ1) is 16.2. The quantitative estimate of drug-likeness (QED) is 0.301. The Morgan fingerprint density at radius 2 is 1.94 bits per heavy atom. The number of thiazole rings is 1. The van der Waals surface area contributed by atoms with E-state index in [1.165, 1.54) is 17.6 Å². The fourth-order valence-electron chi connectivity index (χ4n) is 4.40. The van der Waals surface area contributed by atoms with Gasteiger partial charge in [0, 0.05) is 31.9 Å². The van der Waals surface area contributed by atoms with Crippen molar-refractivity contribution in [3.05, 3.63) is 34.6 Å². The maximum Gasteiger partial charge on any atom is 0.264 e. The molecule has 13 heteroatoms. The van der Waals surface area contributed by atoms with Gasteiger partial charge in [0.15, 0.2) is 9.84 Å². The highest BCUT2D eigenvalue weighted by molar-refractivity contribution is 7.91. The molecule has 0 radical (unpaired) electrons. The molecule has 4 atom stereocenters. The fourth-order valence-corrected chi connectivity index (χ4v) is 6.31. The summed E-state index contributed by atoms with van der Waals surface area (Å²) in [6.07, 6.45) is -0.815. The first-order valence-corrected chi connectivity index (χ1v) is 13.6. The lowest BCUT2D eigenvalue weighted by Crippen LogP contribution is -2.55. The smallest absolute Gasteiger partial charge is 0.264 e. The molecule has 1 aliphatic carbocycles. The van der Waals surface area contributed by atoms with Crippen molar-refractivity contribution in [2.45, 2.75) is 29.9 Å². The van der Waals surface area contributed by atoms with E-state index in [1.54, 1.807) is 4.90 Å². The van der Waals surface area contributed by atoms with Crippen LogP contribution < -0.4 is 15.8 Å². The number of anilines is 2. The molecular weight excluding hydrogens is 482 g/mol. The molecule has 0 amide bonds. The fraction of sp³-hybridized carbons (Fsp3) is 0.476. The van der Waals surface area contributed by atoms with Crippen molar-refractivity contribution < 1.29 is 23.7 Å². The number of aromatic amines is 1. The molecule has 0 unspecified atom stereocenters. The summed E-state index contributed by atoms with van der Waals surface area (Å²) in [6, 6.07) is 6.81. The monoisotopic (exact) mass is 507 g/mol. The van der Waals surface area contributed by atoms with Gasteiger partial charge in [-0.15, -0.1) is 11.3 Å². The number of hydrogen-bond donors (Lipinski definition) is 5. The summed E-state index contributed by atoms with van der Waals surface area (Å²) >= 11 is 1.32.